The predicted octanol–water partition coefficient (Wildman–Crippen LogP) is 6.38. The molecule has 0 amide bonds. The lowest BCUT2D eigenvalue weighted by molar-refractivity contribution is -0.139. The van der Waals surface area contributed by atoms with E-state index in [9.17, 15) is 24.9 Å². The first-order chi connectivity index (χ1) is 18.7. The van der Waals surface area contributed by atoms with E-state index in [1.807, 2.05) is 27.7 Å². The van der Waals surface area contributed by atoms with E-state index in [1.165, 1.54) is 18.2 Å². The molecule has 0 saturated carbocycles. The minimum absolute atomic E-state index is 0.110. The molecule has 0 radical (unpaired) electrons. The number of hydrogen-bond donors (Lipinski definition) is 3. The number of phenols is 2. The summed E-state index contributed by atoms with van der Waals surface area (Å²) in [5.41, 5.74) is 0.960. The topological polar surface area (TPSA) is 123 Å². The Morgan fingerprint density at radius 2 is 1.41 bits per heavy atom. The van der Waals surface area contributed by atoms with Gasteiger partial charge in [-0.3, -0.25) is 9.59 Å². The van der Waals surface area contributed by atoms with Crippen molar-refractivity contribution in [2.45, 2.75) is 97.7 Å². The van der Waals surface area contributed by atoms with Gasteiger partial charge < -0.3 is 29.5 Å². The van der Waals surface area contributed by atoms with Gasteiger partial charge in [0, 0.05) is 24.1 Å². The summed E-state index contributed by atoms with van der Waals surface area (Å²) in [6.45, 7) is 8.09. The fraction of sp³-hybridized carbons (Fsp3) is 0.548. The number of benzene rings is 2. The molecular weight excluding hydrogens is 500 g/mol. The fourth-order valence-corrected chi connectivity index (χ4v) is 5.14. The molecule has 8 nitrogen and oxygen atoms in total. The Morgan fingerprint density at radius 1 is 0.846 bits per heavy atom. The van der Waals surface area contributed by atoms with E-state index >= 15 is 0 Å². The van der Waals surface area contributed by atoms with Crippen LogP contribution >= 0.6 is 0 Å². The number of esters is 2. The Labute approximate surface area is 230 Å². The first kappa shape index (κ1) is 30.3. The Kier molecular flexibility index (Phi) is 11.0. The van der Waals surface area contributed by atoms with Gasteiger partial charge in [0.2, 0.25) is 0 Å². The van der Waals surface area contributed by atoms with Gasteiger partial charge in [-0.1, -0.05) is 59.4 Å². The summed E-state index contributed by atoms with van der Waals surface area (Å²) >= 11 is 0. The molecule has 0 saturated heterocycles. The molecule has 0 fully saturated rings. The zero-order chi connectivity index (χ0) is 28.5. The quantitative estimate of drug-likeness (QED) is 0.151. The number of carbonyl (C=O) groups is 2. The number of ether oxygens (including phenoxy) is 3. The largest absolute Gasteiger partial charge is 0.504 e. The van der Waals surface area contributed by atoms with Crippen LogP contribution in [0, 0.1) is 11.8 Å². The van der Waals surface area contributed by atoms with Crippen molar-refractivity contribution in [1.82, 2.24) is 0 Å². The van der Waals surface area contributed by atoms with Crippen molar-refractivity contribution in [3.63, 3.8) is 0 Å². The Hall–Kier alpha value is -3.26. The van der Waals surface area contributed by atoms with E-state index in [0.717, 1.165) is 25.7 Å². The number of rotatable bonds is 13. The average Bonchev–Trinajstić information content (AvgIpc) is 2.90. The van der Waals surface area contributed by atoms with E-state index in [0.29, 0.717) is 42.6 Å². The number of phenolic OH excluding ortho intramolecular Hbond substituents is 2. The van der Waals surface area contributed by atoms with Crippen molar-refractivity contribution in [2.24, 2.45) is 11.8 Å². The van der Waals surface area contributed by atoms with Crippen molar-refractivity contribution in [3.05, 3.63) is 41.5 Å². The van der Waals surface area contributed by atoms with E-state index in [2.05, 4.69) is 0 Å². The van der Waals surface area contributed by atoms with E-state index in [-0.39, 0.29) is 53.2 Å². The van der Waals surface area contributed by atoms with Gasteiger partial charge in [-0.25, -0.2) is 0 Å². The molecule has 0 aromatic heterocycles. The summed E-state index contributed by atoms with van der Waals surface area (Å²) in [6, 6.07) is 7.32. The normalized spacial score (nSPS) is 16.6. The van der Waals surface area contributed by atoms with Crippen molar-refractivity contribution in [2.75, 3.05) is 0 Å². The molecule has 2 atom stereocenters. The lowest BCUT2D eigenvalue weighted by atomic mass is 9.93. The monoisotopic (exact) mass is 542 g/mol. The van der Waals surface area contributed by atoms with Gasteiger partial charge in [-0.05, 0) is 43.4 Å². The predicted molar refractivity (Wildman–Crippen MR) is 147 cm³/mol. The highest BCUT2D eigenvalue weighted by atomic mass is 16.6. The molecule has 2 aromatic rings. The highest BCUT2D eigenvalue weighted by Crippen LogP contribution is 2.44. The van der Waals surface area contributed by atoms with Gasteiger partial charge >= 0.3 is 11.9 Å². The molecule has 1 aliphatic rings. The van der Waals surface area contributed by atoms with Crippen LogP contribution in [0.2, 0.25) is 0 Å². The van der Waals surface area contributed by atoms with Crippen LogP contribution in [0.15, 0.2) is 30.3 Å². The zero-order valence-electron chi connectivity index (χ0n) is 23.4. The SMILES string of the molecule is CCCC(CCC)C(=O)Oc1cc(OC(=O)C(CCC)CCC)c2c(c1)O[C@@H](c1ccc(O)c(O)c1)[C@@H](O)C2. The number of aliphatic hydroxyl groups is 1. The van der Waals surface area contributed by atoms with Crippen LogP contribution in [-0.4, -0.2) is 33.4 Å². The highest BCUT2D eigenvalue weighted by molar-refractivity contribution is 5.78. The van der Waals surface area contributed by atoms with Crippen molar-refractivity contribution < 1.29 is 39.1 Å². The van der Waals surface area contributed by atoms with Gasteiger partial charge in [-0.2, -0.15) is 0 Å². The minimum atomic E-state index is -1.02. The molecule has 1 aliphatic heterocycles. The van der Waals surface area contributed by atoms with Crippen molar-refractivity contribution in [3.8, 4) is 28.7 Å². The standard InChI is InChI=1S/C31H42O8/c1-5-9-19(10-6-2)30(35)37-22-16-27-23(28(17-22)39-31(36)20(11-7-3)12-8-4)18-26(34)29(38-27)21-13-14-24(32)25(33)15-21/h13-17,19-20,26,29,32-34H,5-12,18H2,1-4H3/t26-,29-/m0/s1. The van der Waals surface area contributed by atoms with Crippen LogP contribution in [0.4, 0.5) is 0 Å². The first-order valence-electron chi connectivity index (χ1n) is 14.2. The molecule has 3 rings (SSSR count). The fourth-order valence-electron chi connectivity index (χ4n) is 5.14. The molecule has 214 valence electrons. The second-order valence-electron chi connectivity index (χ2n) is 10.3. The molecule has 0 spiro atoms. The molecule has 39 heavy (non-hydrogen) atoms. The first-order valence-corrected chi connectivity index (χ1v) is 14.2. The Bertz CT molecular complexity index is 1120. The second-order valence-corrected chi connectivity index (χ2v) is 10.3. The summed E-state index contributed by atoms with van der Waals surface area (Å²) in [4.78, 5) is 26.2. The molecule has 8 heteroatoms. The third-order valence-corrected chi connectivity index (χ3v) is 7.13. The molecule has 0 bridgehead atoms. The van der Waals surface area contributed by atoms with Crippen LogP contribution in [0.25, 0.3) is 0 Å². The van der Waals surface area contributed by atoms with E-state index in [4.69, 9.17) is 14.2 Å². The average molecular weight is 543 g/mol. The van der Waals surface area contributed by atoms with Crippen LogP contribution < -0.4 is 14.2 Å². The van der Waals surface area contributed by atoms with Crippen LogP contribution in [0.3, 0.4) is 0 Å². The van der Waals surface area contributed by atoms with E-state index in [1.54, 1.807) is 12.1 Å². The zero-order valence-corrected chi connectivity index (χ0v) is 23.4. The maximum absolute atomic E-state index is 13.1. The third kappa shape index (κ3) is 7.66. The number of fused-ring (bicyclic) bond motifs is 1. The lowest BCUT2D eigenvalue weighted by Crippen LogP contribution is -2.31. The van der Waals surface area contributed by atoms with Gasteiger partial charge in [-0.15, -0.1) is 0 Å². The second kappa shape index (κ2) is 14.2. The van der Waals surface area contributed by atoms with Gasteiger partial charge in [0.1, 0.15) is 23.4 Å². The van der Waals surface area contributed by atoms with Crippen molar-refractivity contribution >= 4 is 11.9 Å². The maximum atomic E-state index is 13.1. The Balaban J connectivity index is 1.99. The molecule has 1 heterocycles. The summed E-state index contributed by atoms with van der Waals surface area (Å²) in [5.74, 6) is -1.11. The van der Waals surface area contributed by atoms with E-state index < -0.39 is 12.2 Å². The van der Waals surface area contributed by atoms with Gasteiger partial charge in [0.25, 0.3) is 0 Å². The summed E-state index contributed by atoms with van der Waals surface area (Å²) < 4.78 is 17.8. The lowest BCUT2D eigenvalue weighted by Gasteiger charge is -2.32. The highest BCUT2D eigenvalue weighted by Gasteiger charge is 2.34. The molecule has 3 N–H and O–H groups in total. The number of carbonyl (C=O) groups excluding carboxylic acids is 2. The van der Waals surface area contributed by atoms with Gasteiger partial charge in [0.05, 0.1) is 17.9 Å². The molecule has 2 aromatic carbocycles. The molecule has 0 aliphatic carbocycles. The van der Waals surface area contributed by atoms with Crippen molar-refractivity contribution in [1.29, 1.82) is 0 Å². The molecule has 0 unspecified atom stereocenters. The Morgan fingerprint density at radius 3 is 1.95 bits per heavy atom. The molecular formula is C31H42O8. The van der Waals surface area contributed by atoms with Crippen LogP contribution in [0.1, 0.15) is 96.3 Å². The summed E-state index contributed by atoms with van der Waals surface area (Å²) in [5, 5.41) is 30.6. The number of hydrogen-bond acceptors (Lipinski definition) is 8. The number of aliphatic hydroxyl groups excluding tert-OH is 1. The van der Waals surface area contributed by atoms with Crippen LogP contribution in [-0.2, 0) is 16.0 Å². The maximum Gasteiger partial charge on any atom is 0.314 e. The third-order valence-electron chi connectivity index (χ3n) is 7.13. The summed E-state index contributed by atoms with van der Waals surface area (Å²) in [6.07, 6.45) is 4.44. The van der Waals surface area contributed by atoms with Crippen LogP contribution in [0.5, 0.6) is 28.7 Å². The number of aromatic hydroxyl groups is 2. The smallest absolute Gasteiger partial charge is 0.314 e. The van der Waals surface area contributed by atoms with Gasteiger partial charge in [0.15, 0.2) is 11.5 Å². The summed E-state index contributed by atoms with van der Waals surface area (Å²) in [7, 11) is 0. The minimum Gasteiger partial charge on any atom is -0.504 e.